The van der Waals surface area contributed by atoms with E-state index in [0.717, 1.165) is 11.0 Å². The molecule has 0 atom stereocenters. The second-order valence-corrected chi connectivity index (χ2v) is 1.85. The first kappa shape index (κ1) is 10.9. The zero-order valence-corrected chi connectivity index (χ0v) is 8.84. The van der Waals surface area contributed by atoms with E-state index in [-0.39, 0.29) is 40.0 Å². The number of hydrogen-bond acceptors (Lipinski definition) is 1. The molecule has 2 aromatic heterocycles. The van der Waals surface area contributed by atoms with E-state index in [0.29, 0.717) is 0 Å². The van der Waals surface area contributed by atoms with Crippen molar-refractivity contribution in [3.05, 3.63) is 30.6 Å². The van der Waals surface area contributed by atoms with Crippen LogP contribution in [0.2, 0.25) is 0 Å². The van der Waals surface area contributed by atoms with Crippen LogP contribution < -0.4 is 17.0 Å². The van der Waals surface area contributed by atoms with Gasteiger partial charge in [-0.05, 0) is 5.65 Å². The van der Waals surface area contributed by atoms with Gasteiger partial charge in [-0.1, -0.05) is 6.07 Å². The minimum atomic E-state index is 0. The Kier molecular flexibility index (Phi) is 4.71. The Bertz CT molecular complexity index is 290. The Balaban J connectivity index is 0.000000500. The molecular weight excluding hydrogens is 216 g/mol. The minimum Gasteiger partial charge on any atom is -1.00 e. The second kappa shape index (κ2) is 4.74. The van der Waals surface area contributed by atoms with Crippen LogP contribution in [0, 0.1) is 6.20 Å². The summed E-state index contributed by atoms with van der Waals surface area (Å²) in [5.74, 6) is 0. The van der Waals surface area contributed by atoms with Crippen molar-refractivity contribution >= 4 is 34.1 Å². The van der Waals surface area contributed by atoms with Gasteiger partial charge in [0.1, 0.15) is 0 Å². The molecule has 0 saturated carbocycles. The molecule has 0 saturated heterocycles. The normalized spacial score (nSPS) is 8.36. The van der Waals surface area contributed by atoms with Gasteiger partial charge in [-0.2, -0.15) is 6.07 Å². The van der Waals surface area contributed by atoms with Gasteiger partial charge in [0.05, 0.1) is 0 Å². The van der Waals surface area contributed by atoms with E-state index in [9.17, 15) is 0 Å². The minimum absolute atomic E-state index is 0. The summed E-state index contributed by atoms with van der Waals surface area (Å²) in [5.41, 5.74) is 0.900. The van der Waals surface area contributed by atoms with Crippen molar-refractivity contribution in [2.45, 2.75) is 0 Å². The van der Waals surface area contributed by atoms with Crippen LogP contribution in [-0.2, 0) is 0 Å². The molecule has 2 heterocycles. The zero-order valence-electron chi connectivity index (χ0n) is 5.84. The van der Waals surface area contributed by atoms with Crippen LogP contribution in [0.15, 0.2) is 24.4 Å². The standard InChI is InChI=1S/C7H5N2.BrH.Mg/c1-2-6-3-5-9-7(6)8-4-1;;/h1-4H,(H,8,9);1H;/q-1;;+2/p-1. The van der Waals surface area contributed by atoms with Crippen LogP contribution in [0.3, 0.4) is 0 Å². The number of halogens is 1. The third-order valence-electron chi connectivity index (χ3n) is 1.26. The van der Waals surface area contributed by atoms with Gasteiger partial charge in [0.25, 0.3) is 0 Å². The second-order valence-electron chi connectivity index (χ2n) is 1.85. The molecule has 4 heteroatoms. The van der Waals surface area contributed by atoms with Crippen LogP contribution in [0.25, 0.3) is 11.0 Å². The van der Waals surface area contributed by atoms with Crippen LogP contribution in [0.5, 0.6) is 0 Å². The predicted molar refractivity (Wildman–Crippen MR) is 40.7 cm³/mol. The SMILES string of the molecule is [Br-].[Mg+2].[c-]1cc2cccnc2[nH]1. The molecule has 0 amide bonds. The average Bonchev–Trinajstić information content (AvgIpc) is 2.33. The van der Waals surface area contributed by atoms with E-state index in [1.165, 1.54) is 0 Å². The van der Waals surface area contributed by atoms with Crippen molar-refractivity contribution in [3.8, 4) is 0 Å². The van der Waals surface area contributed by atoms with Crippen molar-refractivity contribution < 1.29 is 17.0 Å². The van der Waals surface area contributed by atoms with Crippen LogP contribution in [0.4, 0.5) is 0 Å². The number of nitrogens with zero attached hydrogens (tertiary/aromatic N) is 1. The monoisotopic (exact) mass is 220 g/mol. The average molecular weight is 221 g/mol. The smallest absolute Gasteiger partial charge is 1.00 e. The van der Waals surface area contributed by atoms with Gasteiger partial charge in [-0.25, -0.2) is 0 Å². The van der Waals surface area contributed by atoms with Gasteiger partial charge < -0.3 is 26.9 Å². The first-order valence-electron chi connectivity index (χ1n) is 2.76. The van der Waals surface area contributed by atoms with Crippen molar-refractivity contribution in [1.29, 1.82) is 0 Å². The summed E-state index contributed by atoms with van der Waals surface area (Å²) in [5, 5.41) is 1.11. The summed E-state index contributed by atoms with van der Waals surface area (Å²) in [7, 11) is 0. The van der Waals surface area contributed by atoms with Gasteiger partial charge >= 0.3 is 23.1 Å². The first-order valence-corrected chi connectivity index (χ1v) is 2.76. The van der Waals surface area contributed by atoms with Crippen molar-refractivity contribution in [2.24, 2.45) is 0 Å². The van der Waals surface area contributed by atoms with Crippen molar-refractivity contribution in [2.75, 3.05) is 0 Å². The van der Waals surface area contributed by atoms with Gasteiger partial charge in [-0.15, -0.1) is 17.6 Å². The summed E-state index contributed by atoms with van der Waals surface area (Å²) < 4.78 is 0. The number of pyridine rings is 1. The Labute approximate surface area is 91.3 Å². The third-order valence-corrected chi connectivity index (χ3v) is 1.26. The molecule has 52 valence electrons. The zero-order chi connectivity index (χ0) is 6.10. The molecule has 2 nitrogen and oxygen atoms in total. The molecule has 1 N–H and O–H groups in total. The predicted octanol–water partition coefficient (Wildman–Crippen LogP) is -2.01. The summed E-state index contributed by atoms with van der Waals surface area (Å²) >= 11 is 0. The largest absolute Gasteiger partial charge is 2.00 e. The molecule has 0 aliphatic carbocycles. The van der Waals surface area contributed by atoms with Gasteiger partial charge in [0.15, 0.2) is 0 Å². The fourth-order valence-electron chi connectivity index (χ4n) is 0.821. The number of fused-ring (bicyclic) bond motifs is 1. The molecule has 0 spiro atoms. The quantitative estimate of drug-likeness (QED) is 0.404. The molecule has 2 aromatic rings. The Morgan fingerprint density at radius 2 is 2.27 bits per heavy atom. The maximum atomic E-state index is 4.05. The fourth-order valence-corrected chi connectivity index (χ4v) is 0.821. The Morgan fingerprint density at radius 1 is 1.45 bits per heavy atom. The Hall–Kier alpha value is -0.0638. The third kappa shape index (κ3) is 2.18. The van der Waals surface area contributed by atoms with Gasteiger partial charge in [0, 0.05) is 6.20 Å². The molecule has 0 bridgehead atoms. The maximum Gasteiger partial charge on any atom is 2.00 e. The molecular formula is C7H5BrMgN2. The van der Waals surface area contributed by atoms with E-state index >= 15 is 0 Å². The van der Waals surface area contributed by atoms with E-state index in [1.807, 2.05) is 18.2 Å². The molecule has 2 rings (SSSR count). The molecule has 11 heavy (non-hydrogen) atoms. The number of aromatic amines is 1. The van der Waals surface area contributed by atoms with Crippen molar-refractivity contribution in [3.63, 3.8) is 0 Å². The maximum absolute atomic E-state index is 4.05. The Morgan fingerprint density at radius 3 is 3.00 bits per heavy atom. The molecule has 0 radical (unpaired) electrons. The first-order chi connectivity index (χ1) is 4.47. The number of H-pyrrole nitrogens is 1. The number of aromatic nitrogens is 2. The molecule has 0 aromatic carbocycles. The molecule has 0 aliphatic rings. The fraction of sp³-hybridized carbons (Fsp3) is 0. The molecule has 0 aliphatic heterocycles. The van der Waals surface area contributed by atoms with Crippen LogP contribution in [0.1, 0.15) is 0 Å². The van der Waals surface area contributed by atoms with Gasteiger partial charge in [-0.3, -0.25) is 0 Å². The summed E-state index contributed by atoms with van der Waals surface area (Å²) in [6, 6.07) is 5.78. The van der Waals surface area contributed by atoms with E-state index < -0.39 is 0 Å². The number of rotatable bonds is 0. The summed E-state index contributed by atoms with van der Waals surface area (Å²) in [6.07, 6.45) is 4.61. The van der Waals surface area contributed by atoms with Crippen LogP contribution >= 0.6 is 0 Å². The molecule has 0 fully saturated rings. The van der Waals surface area contributed by atoms with Crippen LogP contribution in [-0.4, -0.2) is 33.0 Å². The van der Waals surface area contributed by atoms with E-state index in [2.05, 4.69) is 16.2 Å². The number of nitrogens with one attached hydrogen (secondary N) is 1. The molecule has 0 unspecified atom stereocenters. The summed E-state index contributed by atoms with van der Waals surface area (Å²) in [4.78, 5) is 6.94. The van der Waals surface area contributed by atoms with Gasteiger partial charge in [0.2, 0.25) is 0 Å². The van der Waals surface area contributed by atoms with E-state index in [4.69, 9.17) is 0 Å². The van der Waals surface area contributed by atoms with E-state index in [1.54, 1.807) is 6.20 Å². The topological polar surface area (TPSA) is 28.7 Å². The van der Waals surface area contributed by atoms with Crippen molar-refractivity contribution in [1.82, 2.24) is 9.97 Å². The summed E-state index contributed by atoms with van der Waals surface area (Å²) in [6.45, 7) is 0. The number of hydrogen-bond donors (Lipinski definition) is 1.